The normalized spacial score (nSPS) is 13.8. The van der Waals surface area contributed by atoms with Crippen molar-refractivity contribution in [2.24, 2.45) is 0 Å². The number of thiocarbonyl (C=S) groups is 1. The molecule has 4 rings (SSSR count). The number of benzene rings is 3. The molecule has 39 heavy (non-hydrogen) atoms. The largest absolute Gasteiger partial charge is 0.497 e. The van der Waals surface area contributed by atoms with E-state index in [1.807, 2.05) is 31.2 Å². The van der Waals surface area contributed by atoms with Crippen molar-refractivity contribution in [3.63, 3.8) is 0 Å². The van der Waals surface area contributed by atoms with Gasteiger partial charge in [-0.2, -0.15) is 5.01 Å². The van der Waals surface area contributed by atoms with Crippen molar-refractivity contribution in [2.75, 3.05) is 26.1 Å². The smallest absolute Gasteiger partial charge is 0.285 e. The molecule has 1 fully saturated rings. The number of aryl methyl sites for hydroxylation is 1. The Hall–Kier alpha value is -4.35. The van der Waals surface area contributed by atoms with Gasteiger partial charge in [-0.05, 0) is 79.3 Å². The van der Waals surface area contributed by atoms with Crippen LogP contribution in [-0.4, -0.2) is 47.9 Å². The van der Waals surface area contributed by atoms with Crippen molar-refractivity contribution in [2.45, 2.75) is 6.92 Å². The Labute approximate surface area is 235 Å². The number of nitrogens with zero attached hydrogens (tertiary/aromatic N) is 1. The highest BCUT2D eigenvalue weighted by atomic mass is 32.2. The van der Waals surface area contributed by atoms with E-state index in [9.17, 15) is 14.4 Å². The maximum absolute atomic E-state index is 13.0. The molecule has 0 unspecified atom stereocenters. The summed E-state index contributed by atoms with van der Waals surface area (Å²) in [4.78, 5) is 38.2. The molecule has 1 heterocycles. The highest BCUT2D eigenvalue weighted by Gasteiger charge is 2.33. The molecular weight excluding hydrogens is 538 g/mol. The van der Waals surface area contributed by atoms with E-state index < -0.39 is 11.8 Å². The number of anilines is 1. The van der Waals surface area contributed by atoms with E-state index in [1.165, 1.54) is 14.2 Å². The molecule has 1 saturated heterocycles. The summed E-state index contributed by atoms with van der Waals surface area (Å²) >= 11 is 6.37. The molecule has 0 atom stereocenters. The fourth-order valence-corrected chi connectivity index (χ4v) is 4.67. The van der Waals surface area contributed by atoms with Crippen LogP contribution in [-0.2, 0) is 9.59 Å². The molecule has 9 nitrogen and oxygen atoms in total. The van der Waals surface area contributed by atoms with E-state index >= 15 is 0 Å². The number of hydrogen-bond acceptors (Lipinski definition) is 8. The summed E-state index contributed by atoms with van der Waals surface area (Å²) in [7, 11) is 3.01. The number of carbonyl (C=O) groups excluding carboxylic acids is 3. The topological polar surface area (TPSA) is 106 Å². The maximum atomic E-state index is 13.0. The summed E-state index contributed by atoms with van der Waals surface area (Å²) in [5.41, 5.74) is 5.31. The zero-order chi connectivity index (χ0) is 27.9. The molecule has 0 saturated carbocycles. The van der Waals surface area contributed by atoms with Crippen molar-refractivity contribution < 1.29 is 28.6 Å². The van der Waals surface area contributed by atoms with Gasteiger partial charge in [-0.25, -0.2) is 0 Å². The Balaban J connectivity index is 1.39. The van der Waals surface area contributed by atoms with Crippen molar-refractivity contribution in [1.82, 2.24) is 10.4 Å². The van der Waals surface area contributed by atoms with Crippen LogP contribution in [0.1, 0.15) is 21.5 Å². The molecule has 11 heteroatoms. The molecule has 3 aromatic carbocycles. The van der Waals surface area contributed by atoms with Gasteiger partial charge in [0.25, 0.3) is 17.7 Å². The van der Waals surface area contributed by atoms with Crippen LogP contribution in [0.25, 0.3) is 6.08 Å². The molecule has 0 spiro atoms. The lowest BCUT2D eigenvalue weighted by Gasteiger charge is -2.15. The summed E-state index contributed by atoms with van der Waals surface area (Å²) in [6.45, 7) is 1.75. The lowest BCUT2D eigenvalue weighted by Crippen LogP contribution is -2.44. The fourth-order valence-electron chi connectivity index (χ4n) is 3.49. The molecule has 0 aromatic heterocycles. The van der Waals surface area contributed by atoms with Crippen LogP contribution in [0.4, 0.5) is 5.69 Å². The van der Waals surface area contributed by atoms with E-state index in [1.54, 1.807) is 48.5 Å². The average Bonchev–Trinajstić information content (AvgIpc) is 3.20. The summed E-state index contributed by atoms with van der Waals surface area (Å²) in [5.74, 6) is 0.106. The van der Waals surface area contributed by atoms with Gasteiger partial charge in [0.05, 0.1) is 19.1 Å². The molecule has 0 bridgehead atoms. The molecule has 2 N–H and O–H groups in total. The van der Waals surface area contributed by atoms with Crippen LogP contribution in [0.2, 0.25) is 0 Å². The molecule has 1 aliphatic heterocycles. The second kappa shape index (κ2) is 12.5. The van der Waals surface area contributed by atoms with E-state index in [4.69, 9.17) is 26.4 Å². The van der Waals surface area contributed by atoms with E-state index in [0.717, 1.165) is 22.3 Å². The fraction of sp³-hybridized carbons (Fsp3) is 0.143. The number of nitrogens with one attached hydrogen (secondary N) is 2. The number of rotatable bonds is 9. The summed E-state index contributed by atoms with van der Waals surface area (Å²) in [6.07, 6.45) is 1.63. The number of carbonyl (C=O) groups is 3. The van der Waals surface area contributed by atoms with Crippen LogP contribution in [0, 0.1) is 6.92 Å². The third kappa shape index (κ3) is 6.95. The quantitative estimate of drug-likeness (QED) is 0.288. The molecule has 0 aliphatic carbocycles. The molecule has 0 radical (unpaired) electrons. The van der Waals surface area contributed by atoms with Gasteiger partial charge in [-0.15, -0.1) is 0 Å². The minimum Gasteiger partial charge on any atom is -0.497 e. The van der Waals surface area contributed by atoms with Gasteiger partial charge in [-0.1, -0.05) is 35.5 Å². The van der Waals surface area contributed by atoms with Gasteiger partial charge < -0.3 is 19.5 Å². The number of methoxy groups -OCH3 is 2. The molecule has 3 amide bonds. The van der Waals surface area contributed by atoms with Crippen LogP contribution >= 0.6 is 24.0 Å². The van der Waals surface area contributed by atoms with Crippen LogP contribution in [0.5, 0.6) is 17.2 Å². The lowest BCUT2D eigenvalue weighted by atomic mass is 10.2. The molecule has 1 aliphatic rings. The Morgan fingerprint density at radius 3 is 2.36 bits per heavy atom. The number of hydrogen-bond donors (Lipinski definition) is 2. The molecule has 3 aromatic rings. The van der Waals surface area contributed by atoms with E-state index in [-0.39, 0.29) is 16.8 Å². The van der Waals surface area contributed by atoms with Crippen molar-refractivity contribution in [1.29, 1.82) is 0 Å². The predicted molar refractivity (Wildman–Crippen MR) is 154 cm³/mol. The number of hydrazine groups is 1. The van der Waals surface area contributed by atoms with Gasteiger partial charge in [0, 0.05) is 11.3 Å². The van der Waals surface area contributed by atoms with Gasteiger partial charge in [-0.3, -0.25) is 19.8 Å². The first-order valence-corrected chi connectivity index (χ1v) is 12.9. The third-order valence-electron chi connectivity index (χ3n) is 5.54. The number of thioether (sulfide) groups is 1. The van der Waals surface area contributed by atoms with Crippen LogP contribution < -0.4 is 25.0 Å². The number of ether oxygens (including phenoxy) is 3. The minimum atomic E-state index is -0.482. The zero-order valence-corrected chi connectivity index (χ0v) is 23.0. The van der Waals surface area contributed by atoms with Gasteiger partial charge in [0.2, 0.25) is 0 Å². The highest BCUT2D eigenvalue weighted by Crippen LogP contribution is 2.34. The summed E-state index contributed by atoms with van der Waals surface area (Å²) in [5, 5.41) is 3.81. The van der Waals surface area contributed by atoms with E-state index in [2.05, 4.69) is 10.7 Å². The maximum Gasteiger partial charge on any atom is 0.285 e. The standard InChI is InChI=1S/C28H25N3O6S2/c1-17-4-9-20(10-5-17)29-25(32)16-37-22-13-6-18(14-23(22)36-3)15-24-27(34)31(28(38)39-24)30-26(33)19-7-11-21(35-2)12-8-19/h4-15H,16H2,1-3H3,(H,29,32)(H,30,33)/b24-15+. The van der Waals surface area contributed by atoms with Crippen LogP contribution in [0.15, 0.2) is 71.6 Å². The van der Waals surface area contributed by atoms with Crippen LogP contribution in [0.3, 0.4) is 0 Å². The Bertz CT molecular complexity index is 1440. The first kappa shape index (κ1) is 27.7. The Morgan fingerprint density at radius 1 is 0.974 bits per heavy atom. The van der Waals surface area contributed by atoms with Crippen molar-refractivity contribution in [3.8, 4) is 17.2 Å². The minimum absolute atomic E-state index is 0.194. The lowest BCUT2D eigenvalue weighted by molar-refractivity contribution is -0.123. The average molecular weight is 564 g/mol. The van der Waals surface area contributed by atoms with Gasteiger partial charge >= 0.3 is 0 Å². The van der Waals surface area contributed by atoms with Crippen molar-refractivity contribution in [3.05, 3.63) is 88.3 Å². The monoisotopic (exact) mass is 563 g/mol. The Kier molecular flexibility index (Phi) is 8.84. The summed E-state index contributed by atoms with van der Waals surface area (Å²) in [6, 6.07) is 19.0. The first-order valence-electron chi connectivity index (χ1n) is 11.7. The SMILES string of the molecule is COc1ccc(C(=O)NN2C(=O)/C(=C\c3ccc(OCC(=O)Nc4ccc(C)cc4)c(OC)c3)SC2=S)cc1. The van der Waals surface area contributed by atoms with Crippen molar-refractivity contribution >= 4 is 57.8 Å². The number of amides is 3. The predicted octanol–water partition coefficient (Wildman–Crippen LogP) is 4.58. The second-order valence-corrected chi connectivity index (χ2v) is 9.98. The summed E-state index contributed by atoms with van der Waals surface area (Å²) < 4.78 is 16.4. The first-order chi connectivity index (χ1) is 18.8. The highest BCUT2D eigenvalue weighted by molar-refractivity contribution is 8.26. The van der Waals surface area contributed by atoms with E-state index in [0.29, 0.717) is 39.0 Å². The zero-order valence-electron chi connectivity index (χ0n) is 21.3. The second-order valence-electron chi connectivity index (χ2n) is 8.30. The molecule has 200 valence electrons. The van der Waals surface area contributed by atoms with Gasteiger partial charge in [0.1, 0.15) is 5.75 Å². The third-order valence-corrected chi connectivity index (χ3v) is 6.84. The molecular formula is C28H25N3O6S2. The van der Waals surface area contributed by atoms with Gasteiger partial charge in [0.15, 0.2) is 22.4 Å². The Morgan fingerprint density at radius 2 is 1.69 bits per heavy atom.